The third-order valence-corrected chi connectivity index (χ3v) is 5.66. The maximum Gasteiger partial charge on any atom is 0.230 e. The van der Waals surface area contributed by atoms with E-state index in [4.69, 9.17) is 0 Å². The summed E-state index contributed by atoms with van der Waals surface area (Å²) in [5.41, 5.74) is 2.98. The van der Waals surface area contributed by atoms with E-state index >= 15 is 0 Å². The van der Waals surface area contributed by atoms with Gasteiger partial charge in [-0.2, -0.15) is 0 Å². The predicted molar refractivity (Wildman–Crippen MR) is 123 cm³/mol. The molecule has 0 aliphatic heterocycles. The molecule has 2 atom stereocenters. The van der Waals surface area contributed by atoms with Crippen LogP contribution in [0.4, 0.5) is 0 Å². The van der Waals surface area contributed by atoms with Crippen molar-refractivity contribution in [1.82, 2.24) is 4.90 Å². The molecule has 0 bridgehead atoms. The van der Waals surface area contributed by atoms with Gasteiger partial charge in [-0.3, -0.25) is 9.59 Å². The van der Waals surface area contributed by atoms with E-state index < -0.39 is 5.92 Å². The van der Waals surface area contributed by atoms with Gasteiger partial charge in [0.2, 0.25) is 5.91 Å². The van der Waals surface area contributed by atoms with Gasteiger partial charge in [-0.05, 0) is 57.0 Å². The normalized spacial score (nSPS) is 12.9. The molecule has 4 heteroatoms. The first-order valence-electron chi connectivity index (χ1n) is 10.6. The number of hydrogen-bond acceptors (Lipinski definition) is 3. The zero-order chi connectivity index (χ0) is 22.5. The number of hydrogen-bond donors (Lipinski definition) is 1. The van der Waals surface area contributed by atoms with Crippen molar-refractivity contribution in [2.24, 2.45) is 0 Å². The topological polar surface area (TPSA) is 57.6 Å². The molecule has 160 valence electrons. The van der Waals surface area contributed by atoms with Gasteiger partial charge in [-0.15, -0.1) is 0 Å². The Morgan fingerprint density at radius 2 is 1.35 bits per heavy atom. The fourth-order valence-corrected chi connectivity index (χ4v) is 3.88. The molecule has 3 rings (SSSR count). The Kier molecular flexibility index (Phi) is 6.91. The van der Waals surface area contributed by atoms with Crippen molar-refractivity contribution in [3.05, 3.63) is 101 Å². The maximum atomic E-state index is 13.5. The molecule has 3 aromatic rings. The molecule has 0 saturated heterocycles. The minimum absolute atomic E-state index is 0.000106. The second-order valence-electron chi connectivity index (χ2n) is 8.15. The van der Waals surface area contributed by atoms with E-state index in [-0.39, 0.29) is 29.5 Å². The van der Waals surface area contributed by atoms with Crippen LogP contribution < -0.4 is 0 Å². The maximum absolute atomic E-state index is 13.5. The van der Waals surface area contributed by atoms with Gasteiger partial charge in [-0.1, -0.05) is 60.7 Å². The molecule has 1 amide bonds. The van der Waals surface area contributed by atoms with Crippen LogP contribution in [0.25, 0.3) is 0 Å². The third-order valence-electron chi connectivity index (χ3n) is 5.66. The number of carbonyl (C=O) groups excluding carboxylic acids is 2. The molecule has 4 nitrogen and oxygen atoms in total. The Hall–Kier alpha value is -3.40. The summed E-state index contributed by atoms with van der Waals surface area (Å²) in [4.78, 5) is 28.2. The summed E-state index contributed by atoms with van der Waals surface area (Å²) in [5.74, 6) is -0.253. The number of ketones is 1. The fourth-order valence-electron chi connectivity index (χ4n) is 3.88. The van der Waals surface area contributed by atoms with Crippen LogP contribution in [0.3, 0.4) is 0 Å². The lowest BCUT2D eigenvalue weighted by molar-refractivity contribution is -0.136. The van der Waals surface area contributed by atoms with Gasteiger partial charge in [-0.25, -0.2) is 0 Å². The van der Waals surface area contributed by atoms with Crippen LogP contribution in [-0.4, -0.2) is 27.7 Å². The highest BCUT2D eigenvalue weighted by Gasteiger charge is 2.29. The molecule has 0 heterocycles. The highest BCUT2D eigenvalue weighted by Crippen LogP contribution is 2.29. The minimum atomic E-state index is -0.398. The van der Waals surface area contributed by atoms with Crippen LogP contribution >= 0.6 is 0 Å². The van der Waals surface area contributed by atoms with Crippen molar-refractivity contribution in [3.63, 3.8) is 0 Å². The van der Waals surface area contributed by atoms with Crippen LogP contribution in [0.5, 0.6) is 5.75 Å². The summed E-state index contributed by atoms with van der Waals surface area (Å²) < 4.78 is 0. The highest BCUT2D eigenvalue weighted by atomic mass is 16.3. The lowest BCUT2D eigenvalue weighted by Gasteiger charge is -2.35. The first-order chi connectivity index (χ1) is 14.8. The van der Waals surface area contributed by atoms with E-state index in [0.717, 1.165) is 11.1 Å². The Bertz CT molecular complexity index is 1040. The van der Waals surface area contributed by atoms with E-state index in [9.17, 15) is 14.7 Å². The van der Waals surface area contributed by atoms with E-state index in [2.05, 4.69) is 0 Å². The van der Waals surface area contributed by atoms with Crippen molar-refractivity contribution < 1.29 is 14.7 Å². The lowest BCUT2D eigenvalue weighted by Crippen LogP contribution is -2.41. The largest absolute Gasteiger partial charge is 0.508 e. The first kappa shape index (κ1) is 22.3. The number of amides is 1. The molecule has 3 aromatic carbocycles. The van der Waals surface area contributed by atoms with Gasteiger partial charge < -0.3 is 10.0 Å². The number of rotatable bonds is 7. The monoisotopic (exact) mass is 415 g/mol. The third kappa shape index (κ3) is 5.02. The molecule has 1 N–H and O–H groups in total. The van der Waals surface area contributed by atoms with Crippen LogP contribution in [0.1, 0.15) is 66.7 Å². The van der Waals surface area contributed by atoms with Crippen molar-refractivity contribution in [2.45, 2.75) is 45.7 Å². The Morgan fingerprint density at radius 3 is 1.97 bits per heavy atom. The molecule has 0 unspecified atom stereocenters. The summed E-state index contributed by atoms with van der Waals surface area (Å²) in [6.07, 6.45) is 0. The Balaban J connectivity index is 1.86. The van der Waals surface area contributed by atoms with Gasteiger partial charge in [0.25, 0.3) is 0 Å². The molecular formula is C27H29NO3. The van der Waals surface area contributed by atoms with E-state index in [1.807, 2.05) is 81.1 Å². The van der Waals surface area contributed by atoms with E-state index in [1.165, 1.54) is 0 Å². The summed E-state index contributed by atoms with van der Waals surface area (Å²) >= 11 is 0. The molecule has 0 saturated carbocycles. The fraction of sp³-hybridized carbons (Fsp3) is 0.259. The van der Waals surface area contributed by atoms with E-state index in [0.29, 0.717) is 11.1 Å². The van der Waals surface area contributed by atoms with Gasteiger partial charge in [0.05, 0.1) is 12.0 Å². The number of aromatic hydroxyl groups is 1. The average molecular weight is 416 g/mol. The molecular weight excluding hydrogens is 386 g/mol. The molecule has 0 aromatic heterocycles. The van der Waals surface area contributed by atoms with Crippen LogP contribution in [0.15, 0.2) is 78.9 Å². The van der Waals surface area contributed by atoms with Crippen molar-refractivity contribution >= 4 is 11.7 Å². The molecule has 0 aliphatic rings. The second kappa shape index (κ2) is 9.61. The van der Waals surface area contributed by atoms with Gasteiger partial charge in [0, 0.05) is 17.2 Å². The number of nitrogens with zero attached hydrogens (tertiary/aromatic N) is 1. The quantitative estimate of drug-likeness (QED) is 0.502. The summed E-state index contributed by atoms with van der Waals surface area (Å²) in [7, 11) is 0. The number of phenolic OH excluding ortho intramolecular Hbond substituents is 1. The van der Waals surface area contributed by atoms with Crippen LogP contribution in [0.2, 0.25) is 0 Å². The SMILES string of the molecule is CC(C)N(C(=O)[C@H](C)c1cccc(C(=O)c2ccccc2)c1)[C@H](C)c1ccc(O)cc1. The lowest BCUT2D eigenvalue weighted by atomic mass is 9.93. The van der Waals surface area contributed by atoms with Crippen molar-refractivity contribution in [1.29, 1.82) is 0 Å². The average Bonchev–Trinajstić information content (AvgIpc) is 2.79. The van der Waals surface area contributed by atoms with Gasteiger partial charge >= 0.3 is 0 Å². The zero-order valence-electron chi connectivity index (χ0n) is 18.4. The van der Waals surface area contributed by atoms with Crippen molar-refractivity contribution in [2.75, 3.05) is 0 Å². The predicted octanol–water partition coefficient (Wildman–Crippen LogP) is 5.72. The molecule has 0 aliphatic carbocycles. The molecule has 31 heavy (non-hydrogen) atoms. The minimum Gasteiger partial charge on any atom is -0.508 e. The standard InChI is InChI=1S/C27H29NO3/c1-18(2)28(20(4)21-13-15-25(29)16-14-21)27(31)19(3)23-11-8-12-24(17-23)26(30)22-9-6-5-7-10-22/h5-20,29H,1-4H3/t19-,20-/m1/s1. The van der Waals surface area contributed by atoms with Gasteiger partial charge in [0.1, 0.15) is 5.75 Å². The van der Waals surface area contributed by atoms with Crippen LogP contribution in [0, 0.1) is 0 Å². The van der Waals surface area contributed by atoms with Gasteiger partial charge in [0.15, 0.2) is 5.78 Å². The molecule has 0 radical (unpaired) electrons. The van der Waals surface area contributed by atoms with Crippen LogP contribution in [-0.2, 0) is 4.79 Å². The summed E-state index contributed by atoms with van der Waals surface area (Å²) in [6, 6.07) is 23.3. The summed E-state index contributed by atoms with van der Waals surface area (Å²) in [5, 5.41) is 9.58. The molecule has 0 spiro atoms. The highest BCUT2D eigenvalue weighted by molar-refractivity contribution is 6.09. The smallest absolute Gasteiger partial charge is 0.230 e. The number of phenols is 1. The number of benzene rings is 3. The Morgan fingerprint density at radius 1 is 0.742 bits per heavy atom. The number of carbonyl (C=O) groups is 2. The zero-order valence-corrected chi connectivity index (χ0v) is 18.4. The summed E-state index contributed by atoms with van der Waals surface area (Å²) in [6.45, 7) is 7.87. The first-order valence-corrected chi connectivity index (χ1v) is 10.6. The van der Waals surface area contributed by atoms with Crippen molar-refractivity contribution in [3.8, 4) is 5.75 Å². The Labute approximate surface area is 184 Å². The molecule has 0 fully saturated rings. The van der Waals surface area contributed by atoms with E-state index in [1.54, 1.807) is 30.3 Å². The second-order valence-corrected chi connectivity index (χ2v) is 8.15.